The summed E-state index contributed by atoms with van der Waals surface area (Å²) in [7, 11) is -1.91. The fraction of sp³-hybridized carbons (Fsp3) is 0.286. The van der Waals surface area contributed by atoms with E-state index in [0.717, 1.165) is 4.31 Å². The molecule has 1 aromatic heterocycles. The topological polar surface area (TPSA) is 70.0 Å². The number of likely N-dealkylation sites (N-methyl/N-ethyl adjacent to an activating group) is 1. The molecule has 0 atom stereocenters. The van der Waals surface area contributed by atoms with Gasteiger partial charge in [-0.25, -0.2) is 8.42 Å². The lowest BCUT2D eigenvalue weighted by Gasteiger charge is -2.22. The van der Waals surface area contributed by atoms with Crippen molar-refractivity contribution in [2.45, 2.75) is 4.90 Å². The third-order valence-electron chi connectivity index (χ3n) is 2.07. The van der Waals surface area contributed by atoms with Gasteiger partial charge in [-0.05, 0) is 11.4 Å². The lowest BCUT2D eigenvalue weighted by Crippen LogP contribution is -2.37. The Balaban J connectivity index is 2.71. The molecule has 7 heteroatoms. The molecule has 0 aliphatic carbocycles. The smallest absolute Gasteiger partial charge is 0.244 e. The second-order valence-electron chi connectivity index (χ2n) is 2.92. The third-order valence-corrected chi connectivity index (χ3v) is 5.01. The zero-order valence-electron chi connectivity index (χ0n) is 7.34. The molecule has 0 aromatic carbocycles. The number of thiophene rings is 1. The first-order valence-corrected chi connectivity index (χ1v) is 6.14. The van der Waals surface area contributed by atoms with E-state index in [1.54, 1.807) is 5.38 Å². The van der Waals surface area contributed by atoms with Gasteiger partial charge in [0.05, 0.1) is 11.4 Å². The molecule has 2 heterocycles. The van der Waals surface area contributed by atoms with Crippen LogP contribution < -0.4 is 0 Å². The van der Waals surface area contributed by atoms with Gasteiger partial charge in [0.1, 0.15) is 10.6 Å². The van der Waals surface area contributed by atoms with Gasteiger partial charge < -0.3 is 5.21 Å². The van der Waals surface area contributed by atoms with Crippen LogP contribution in [0.2, 0.25) is 0 Å². The van der Waals surface area contributed by atoms with Crippen LogP contribution in [-0.4, -0.2) is 37.2 Å². The van der Waals surface area contributed by atoms with Crippen molar-refractivity contribution in [1.82, 2.24) is 4.31 Å². The van der Waals surface area contributed by atoms with Crippen molar-refractivity contribution in [3.05, 3.63) is 16.3 Å². The zero-order valence-corrected chi connectivity index (χ0v) is 8.97. The van der Waals surface area contributed by atoms with Crippen LogP contribution in [0.3, 0.4) is 0 Å². The molecule has 2 rings (SSSR count). The van der Waals surface area contributed by atoms with Crippen molar-refractivity contribution >= 4 is 27.1 Å². The molecule has 0 unspecified atom stereocenters. The number of nitrogens with zero attached hydrogens (tertiary/aromatic N) is 2. The van der Waals surface area contributed by atoms with Crippen LogP contribution in [-0.2, 0) is 10.0 Å². The van der Waals surface area contributed by atoms with Gasteiger partial charge in [-0.3, -0.25) is 0 Å². The summed E-state index contributed by atoms with van der Waals surface area (Å²) in [6.45, 7) is 0.117. The van der Waals surface area contributed by atoms with E-state index in [-0.39, 0.29) is 11.4 Å². The molecule has 14 heavy (non-hydrogen) atoms. The summed E-state index contributed by atoms with van der Waals surface area (Å²) in [4.78, 5) is 0.759. The van der Waals surface area contributed by atoms with Gasteiger partial charge in [0.15, 0.2) is 0 Å². The first-order valence-electron chi connectivity index (χ1n) is 3.82. The molecule has 1 aliphatic rings. The highest BCUT2D eigenvalue weighted by Crippen LogP contribution is 2.29. The number of sulfonamides is 1. The van der Waals surface area contributed by atoms with Gasteiger partial charge in [0, 0.05) is 7.05 Å². The van der Waals surface area contributed by atoms with Crippen LogP contribution in [0.15, 0.2) is 21.5 Å². The van der Waals surface area contributed by atoms with Crippen LogP contribution in [0.4, 0.5) is 0 Å². The Morgan fingerprint density at radius 2 is 2.36 bits per heavy atom. The summed E-state index contributed by atoms with van der Waals surface area (Å²) in [6.07, 6.45) is 0. The fourth-order valence-electron chi connectivity index (χ4n) is 1.32. The quantitative estimate of drug-likeness (QED) is 0.525. The van der Waals surface area contributed by atoms with E-state index in [0.29, 0.717) is 10.6 Å². The molecule has 1 aromatic rings. The highest BCUT2D eigenvalue weighted by molar-refractivity contribution is 7.89. The molecule has 0 bridgehead atoms. The van der Waals surface area contributed by atoms with Crippen molar-refractivity contribution in [3.8, 4) is 0 Å². The molecule has 1 N–H and O–H groups in total. The highest BCUT2D eigenvalue weighted by Gasteiger charge is 2.33. The van der Waals surface area contributed by atoms with E-state index in [4.69, 9.17) is 5.21 Å². The van der Waals surface area contributed by atoms with Crippen molar-refractivity contribution in [1.29, 1.82) is 0 Å². The predicted molar refractivity (Wildman–Crippen MR) is 52.5 cm³/mol. The summed E-state index contributed by atoms with van der Waals surface area (Å²) in [5.74, 6) is 0. The van der Waals surface area contributed by atoms with Crippen LogP contribution in [0.1, 0.15) is 4.88 Å². The molecule has 76 valence electrons. The average Bonchev–Trinajstić information content (AvgIpc) is 2.61. The number of hydrogen-bond donors (Lipinski definition) is 1. The largest absolute Gasteiger partial charge is 0.411 e. The summed E-state index contributed by atoms with van der Waals surface area (Å²) < 4.78 is 24.6. The Hall–Kier alpha value is -0.920. The van der Waals surface area contributed by atoms with E-state index in [1.807, 2.05) is 0 Å². The maximum absolute atomic E-state index is 11.7. The van der Waals surface area contributed by atoms with Crippen molar-refractivity contribution in [3.63, 3.8) is 0 Å². The Morgan fingerprint density at radius 3 is 3.00 bits per heavy atom. The molecule has 1 aliphatic heterocycles. The molecule has 0 spiro atoms. The number of hydrogen-bond acceptors (Lipinski definition) is 5. The first-order chi connectivity index (χ1) is 6.57. The van der Waals surface area contributed by atoms with Gasteiger partial charge in [0.25, 0.3) is 0 Å². The van der Waals surface area contributed by atoms with Gasteiger partial charge >= 0.3 is 0 Å². The summed E-state index contributed by atoms with van der Waals surface area (Å²) in [6, 6.07) is 1.52. The Bertz CT molecular complexity index is 489. The molecule has 0 saturated heterocycles. The summed E-state index contributed by atoms with van der Waals surface area (Å²) in [5, 5.41) is 13.5. The minimum atomic E-state index is -3.37. The van der Waals surface area contributed by atoms with Crippen molar-refractivity contribution in [2.75, 3.05) is 13.6 Å². The predicted octanol–water partition coefficient (Wildman–Crippen LogP) is 0.560. The van der Waals surface area contributed by atoms with E-state index in [2.05, 4.69) is 5.16 Å². The number of rotatable bonds is 0. The number of oxime groups is 1. The van der Waals surface area contributed by atoms with Crippen molar-refractivity contribution < 1.29 is 13.6 Å². The lowest BCUT2D eigenvalue weighted by atomic mass is 10.3. The second-order valence-corrected chi connectivity index (χ2v) is 5.85. The van der Waals surface area contributed by atoms with Crippen LogP contribution in [0, 0.1) is 0 Å². The molecule has 0 amide bonds. The molecule has 0 radical (unpaired) electrons. The monoisotopic (exact) mass is 232 g/mol. The van der Waals surface area contributed by atoms with Crippen LogP contribution >= 0.6 is 11.3 Å². The van der Waals surface area contributed by atoms with Gasteiger partial charge in [-0.15, -0.1) is 11.3 Å². The number of fused-ring (bicyclic) bond motifs is 1. The maximum Gasteiger partial charge on any atom is 0.244 e. The minimum Gasteiger partial charge on any atom is -0.411 e. The maximum atomic E-state index is 11.7. The molecule has 0 fully saturated rings. The van der Waals surface area contributed by atoms with Crippen molar-refractivity contribution in [2.24, 2.45) is 5.16 Å². The second kappa shape index (κ2) is 3.04. The molecular formula is C7H8N2O3S2. The Kier molecular flexibility index (Phi) is 2.09. The summed E-state index contributed by atoms with van der Waals surface area (Å²) in [5.41, 5.74) is 0.396. The first kappa shape index (κ1) is 9.63. The summed E-state index contributed by atoms with van der Waals surface area (Å²) >= 11 is 1.27. The normalized spacial score (nSPS) is 23.6. The Morgan fingerprint density at radius 1 is 1.64 bits per heavy atom. The van der Waals surface area contributed by atoms with E-state index in [9.17, 15) is 8.42 Å². The fourth-order valence-corrected chi connectivity index (χ4v) is 3.86. The van der Waals surface area contributed by atoms with E-state index < -0.39 is 10.0 Å². The van der Waals surface area contributed by atoms with Gasteiger partial charge in [-0.1, -0.05) is 5.16 Å². The molecule has 0 saturated carbocycles. The lowest BCUT2D eigenvalue weighted by molar-refractivity contribution is 0.316. The standard InChI is InChI=1S/C7H8N2O3S2/c1-9-4-5(8-10)7-6(2-3-13-7)14(9,11)12/h2-3,10H,4H2,1H3/b8-5-. The average molecular weight is 232 g/mol. The van der Waals surface area contributed by atoms with E-state index >= 15 is 0 Å². The molecular weight excluding hydrogens is 224 g/mol. The third kappa shape index (κ3) is 1.17. The van der Waals surface area contributed by atoms with Gasteiger partial charge in [0.2, 0.25) is 10.0 Å². The van der Waals surface area contributed by atoms with Crippen LogP contribution in [0.25, 0.3) is 0 Å². The zero-order chi connectivity index (χ0) is 10.3. The van der Waals surface area contributed by atoms with E-state index in [1.165, 1.54) is 24.5 Å². The SMILES string of the molecule is CN1C/C(=N/O)c2sccc2S1(=O)=O. The Labute approximate surface area is 85.3 Å². The van der Waals surface area contributed by atoms with Crippen LogP contribution in [0.5, 0.6) is 0 Å². The molecule has 5 nitrogen and oxygen atoms in total. The highest BCUT2D eigenvalue weighted by atomic mass is 32.2. The minimum absolute atomic E-state index is 0.117. The van der Waals surface area contributed by atoms with Gasteiger partial charge in [-0.2, -0.15) is 4.31 Å².